The van der Waals surface area contributed by atoms with Gasteiger partial charge in [-0.05, 0) is 61.2 Å². The number of methoxy groups -OCH3 is 1. The molecule has 0 saturated heterocycles. The molecule has 0 fully saturated rings. The number of anilines is 1. The second-order valence-electron chi connectivity index (χ2n) is 12.0. The molecule has 0 spiro atoms. The fraction of sp³-hybridized carbons (Fsp3) is 0.400. The molecular formula is C35H45N5O6S. The standard InChI is InChI=1S/C35H45N5O6S/c1-5-36-34(45)37-18-25-8-6-7-9-28(25)24-12-10-23(11-13-24)20-40-30-15-14-27(46-4)16-31(30)47-22-29(33(40)44)39-32(43)17-35(2,3)38-19-26(42)21-41/h6-16,26,29,38,41-42H,5,17-22H2,1-4H3,(H,39,43)(H2,36,37,45)/t26-,29+/m0/s1. The van der Waals surface area contributed by atoms with Gasteiger partial charge in [-0.1, -0.05) is 48.5 Å². The van der Waals surface area contributed by atoms with E-state index >= 15 is 0 Å². The van der Waals surface area contributed by atoms with Crippen molar-refractivity contribution >= 4 is 35.3 Å². The predicted octanol–water partition coefficient (Wildman–Crippen LogP) is 3.42. The zero-order valence-corrected chi connectivity index (χ0v) is 28.2. The summed E-state index contributed by atoms with van der Waals surface area (Å²) in [4.78, 5) is 41.8. The Hall–Kier alpha value is -4.10. The van der Waals surface area contributed by atoms with Gasteiger partial charge in [0.05, 0.1) is 32.1 Å². The summed E-state index contributed by atoms with van der Waals surface area (Å²) in [5.41, 5.74) is 3.94. The molecule has 0 aromatic heterocycles. The van der Waals surface area contributed by atoms with Gasteiger partial charge in [-0.15, -0.1) is 11.8 Å². The molecule has 0 bridgehead atoms. The van der Waals surface area contributed by atoms with Crippen LogP contribution in [-0.2, 0) is 22.7 Å². The lowest BCUT2D eigenvalue weighted by Crippen LogP contribution is -2.52. The minimum atomic E-state index is -0.930. The average Bonchev–Trinajstić information content (AvgIpc) is 3.18. The molecular weight excluding hydrogens is 618 g/mol. The number of fused-ring (bicyclic) bond motifs is 1. The Bertz CT molecular complexity index is 1530. The first-order chi connectivity index (χ1) is 22.5. The first-order valence-electron chi connectivity index (χ1n) is 15.7. The average molecular weight is 664 g/mol. The van der Waals surface area contributed by atoms with Crippen molar-refractivity contribution in [1.29, 1.82) is 0 Å². The number of amides is 4. The molecule has 6 N–H and O–H groups in total. The first-order valence-corrected chi connectivity index (χ1v) is 16.7. The maximum absolute atomic E-state index is 14.1. The van der Waals surface area contributed by atoms with E-state index in [-0.39, 0.29) is 44.0 Å². The lowest BCUT2D eigenvalue weighted by atomic mass is 9.98. The molecule has 0 aliphatic carbocycles. The number of hydrogen-bond donors (Lipinski definition) is 6. The number of benzene rings is 3. The molecule has 3 aromatic rings. The van der Waals surface area contributed by atoms with Gasteiger partial charge in [-0.25, -0.2) is 4.79 Å². The minimum absolute atomic E-state index is 0.0715. The van der Waals surface area contributed by atoms with Crippen LogP contribution in [0.15, 0.2) is 71.6 Å². The van der Waals surface area contributed by atoms with E-state index in [0.717, 1.165) is 32.8 Å². The van der Waals surface area contributed by atoms with Crippen molar-refractivity contribution in [2.45, 2.75) is 62.9 Å². The summed E-state index contributed by atoms with van der Waals surface area (Å²) in [7, 11) is 1.60. The molecule has 252 valence electrons. The van der Waals surface area contributed by atoms with Crippen molar-refractivity contribution in [2.75, 3.05) is 37.5 Å². The van der Waals surface area contributed by atoms with Gasteiger partial charge in [-0.2, -0.15) is 0 Å². The van der Waals surface area contributed by atoms with Crippen LogP contribution < -0.4 is 30.9 Å². The molecule has 0 saturated carbocycles. The lowest BCUT2D eigenvalue weighted by molar-refractivity contribution is -0.128. The Morgan fingerprint density at radius 3 is 2.53 bits per heavy atom. The highest BCUT2D eigenvalue weighted by molar-refractivity contribution is 7.99. The van der Waals surface area contributed by atoms with Gasteiger partial charge in [0.1, 0.15) is 11.8 Å². The number of hydrogen-bond acceptors (Lipinski definition) is 8. The highest BCUT2D eigenvalue weighted by Crippen LogP contribution is 2.38. The number of thioether (sulfide) groups is 1. The maximum Gasteiger partial charge on any atom is 0.315 e. The van der Waals surface area contributed by atoms with Crippen LogP contribution in [0.25, 0.3) is 11.1 Å². The lowest BCUT2D eigenvalue weighted by Gasteiger charge is -2.29. The van der Waals surface area contributed by atoms with E-state index in [9.17, 15) is 19.5 Å². The molecule has 2 atom stereocenters. The van der Waals surface area contributed by atoms with E-state index in [0.29, 0.717) is 24.6 Å². The van der Waals surface area contributed by atoms with Gasteiger partial charge in [0.25, 0.3) is 5.91 Å². The van der Waals surface area contributed by atoms with Crippen LogP contribution in [0.3, 0.4) is 0 Å². The Kier molecular flexibility index (Phi) is 12.7. The van der Waals surface area contributed by atoms with Crippen LogP contribution in [0.5, 0.6) is 5.75 Å². The van der Waals surface area contributed by atoms with Crippen LogP contribution >= 0.6 is 11.8 Å². The second-order valence-corrected chi connectivity index (χ2v) is 13.1. The molecule has 1 aliphatic rings. The molecule has 0 unspecified atom stereocenters. The summed E-state index contributed by atoms with van der Waals surface area (Å²) < 4.78 is 5.45. The van der Waals surface area contributed by atoms with Crippen molar-refractivity contribution in [1.82, 2.24) is 21.3 Å². The van der Waals surface area contributed by atoms with Gasteiger partial charge in [0.2, 0.25) is 5.91 Å². The number of nitrogens with one attached hydrogen (secondary N) is 4. The Morgan fingerprint density at radius 2 is 1.83 bits per heavy atom. The topological polar surface area (TPSA) is 152 Å². The molecule has 11 nitrogen and oxygen atoms in total. The van der Waals surface area contributed by atoms with E-state index < -0.39 is 17.7 Å². The number of urea groups is 1. The van der Waals surface area contributed by atoms with Crippen molar-refractivity contribution in [3.63, 3.8) is 0 Å². The Balaban J connectivity index is 1.53. The summed E-state index contributed by atoms with van der Waals surface area (Å²) in [6, 6.07) is 20.5. The van der Waals surface area contributed by atoms with Gasteiger partial charge in [0, 0.05) is 42.2 Å². The van der Waals surface area contributed by atoms with Crippen LogP contribution in [0, 0.1) is 0 Å². The number of β-amino-alcohol motifs (C(OH)–C–C–N with tert-alkyl or cyclic N) is 1. The fourth-order valence-corrected chi connectivity index (χ4v) is 6.37. The Labute approximate surface area is 280 Å². The predicted molar refractivity (Wildman–Crippen MR) is 184 cm³/mol. The van der Waals surface area contributed by atoms with Crippen molar-refractivity contribution in [3.05, 3.63) is 77.9 Å². The van der Waals surface area contributed by atoms with Gasteiger partial charge in [0.15, 0.2) is 0 Å². The molecule has 1 aliphatic heterocycles. The van der Waals surface area contributed by atoms with Crippen LogP contribution in [0.4, 0.5) is 10.5 Å². The summed E-state index contributed by atoms with van der Waals surface area (Å²) in [6.45, 7) is 6.51. The second kappa shape index (κ2) is 16.6. The van der Waals surface area contributed by atoms with E-state index in [2.05, 4.69) is 21.3 Å². The number of carbonyl (C=O) groups is 3. The number of rotatable bonds is 14. The summed E-state index contributed by atoms with van der Waals surface area (Å²) in [5, 5.41) is 30.5. The fourth-order valence-electron chi connectivity index (χ4n) is 5.27. The van der Waals surface area contributed by atoms with E-state index in [1.165, 1.54) is 11.8 Å². The largest absolute Gasteiger partial charge is 0.497 e. The first kappa shape index (κ1) is 35.7. The van der Waals surface area contributed by atoms with E-state index in [1.807, 2.05) is 87.5 Å². The Morgan fingerprint density at radius 1 is 1.09 bits per heavy atom. The highest BCUT2D eigenvalue weighted by Gasteiger charge is 2.33. The van der Waals surface area contributed by atoms with E-state index in [1.54, 1.807) is 12.0 Å². The van der Waals surface area contributed by atoms with Crippen LogP contribution in [-0.4, -0.2) is 78.3 Å². The van der Waals surface area contributed by atoms with Gasteiger partial charge in [-0.3, -0.25) is 9.59 Å². The number of carbonyl (C=O) groups excluding carboxylic acids is 3. The van der Waals surface area contributed by atoms with Crippen molar-refractivity contribution < 1.29 is 29.3 Å². The molecule has 47 heavy (non-hydrogen) atoms. The molecule has 4 rings (SSSR count). The maximum atomic E-state index is 14.1. The monoisotopic (exact) mass is 663 g/mol. The van der Waals surface area contributed by atoms with Crippen molar-refractivity contribution in [3.8, 4) is 16.9 Å². The SMILES string of the molecule is CCNC(=O)NCc1ccccc1-c1ccc(CN2C(=O)[C@H](NC(=O)CC(C)(C)NC[C@H](O)CO)CSc3cc(OC)ccc32)cc1. The van der Waals surface area contributed by atoms with Crippen LogP contribution in [0.1, 0.15) is 38.3 Å². The molecule has 4 amide bonds. The number of nitrogens with zero attached hydrogens (tertiary/aromatic N) is 1. The van der Waals surface area contributed by atoms with Crippen molar-refractivity contribution in [2.24, 2.45) is 0 Å². The van der Waals surface area contributed by atoms with Gasteiger partial charge >= 0.3 is 6.03 Å². The number of aliphatic hydroxyl groups is 2. The van der Waals surface area contributed by atoms with Gasteiger partial charge < -0.3 is 41.1 Å². The number of aliphatic hydroxyl groups excluding tert-OH is 2. The minimum Gasteiger partial charge on any atom is -0.497 e. The smallest absolute Gasteiger partial charge is 0.315 e. The zero-order valence-electron chi connectivity index (χ0n) is 27.3. The normalized spacial score (nSPS) is 15.3. The van der Waals surface area contributed by atoms with E-state index in [4.69, 9.17) is 9.84 Å². The molecule has 0 radical (unpaired) electrons. The quantitative estimate of drug-likeness (QED) is 0.154. The third kappa shape index (κ3) is 9.94. The molecule has 1 heterocycles. The van der Waals surface area contributed by atoms with Crippen LogP contribution in [0.2, 0.25) is 0 Å². The molecule has 12 heteroatoms. The summed E-state index contributed by atoms with van der Waals surface area (Å²) in [5.74, 6) is 0.502. The highest BCUT2D eigenvalue weighted by atomic mass is 32.2. The summed E-state index contributed by atoms with van der Waals surface area (Å²) >= 11 is 1.49. The third-order valence-electron chi connectivity index (χ3n) is 7.79. The zero-order chi connectivity index (χ0) is 34.0. The molecule has 3 aromatic carbocycles. The number of ether oxygens (including phenoxy) is 1. The summed E-state index contributed by atoms with van der Waals surface area (Å²) in [6.07, 6.45) is -0.858. The third-order valence-corrected chi connectivity index (χ3v) is 8.93.